The molecule has 0 aliphatic rings. The normalized spacial score (nSPS) is 0. The molecule has 0 aromatic heterocycles. The number of hydrogen-bond acceptors (Lipinski definition) is 0. The van der Waals surface area contributed by atoms with E-state index in [0.717, 1.165) is 0 Å². The fourth-order valence-electron chi connectivity index (χ4n) is 0. The van der Waals surface area contributed by atoms with Gasteiger partial charge in [0, 0.05) is 44.7 Å². The molecule has 0 heterocycles. The van der Waals surface area contributed by atoms with Crippen LogP contribution in [0.4, 0.5) is 0 Å². The van der Waals surface area contributed by atoms with E-state index in [4.69, 9.17) is 0 Å². The van der Waals surface area contributed by atoms with Gasteiger partial charge in [-0.3, -0.25) is 0 Å². The molecule has 1 nitrogen and oxygen atoms in total. The van der Waals surface area contributed by atoms with Crippen molar-refractivity contribution in [2.45, 2.75) is 0 Å². The monoisotopic (exact) mass is 423 g/mol. The predicted molar refractivity (Wildman–Crippen MR) is 11.6 cm³/mol. The predicted octanol–water partition coefficient (Wildman–Crippen LogP) is -0.986. The molecule has 0 fully saturated rings. The van der Waals surface area contributed by atoms with Gasteiger partial charge in [-0.15, -0.1) is 0 Å². The average molecular weight is 421 g/mol. The van der Waals surface area contributed by atoms with Gasteiger partial charge < -0.3 is 8.33 Å². The Labute approximate surface area is 99.6 Å². The van der Waals surface area contributed by atoms with Crippen LogP contribution in [0.25, 0.3) is 0 Å². The van der Waals surface area contributed by atoms with Gasteiger partial charge in [-0.25, -0.2) is 0 Å². The Morgan fingerprint density at radius 1 is 1.25 bits per heavy atom. The summed E-state index contributed by atoms with van der Waals surface area (Å²) in [6.45, 7) is 0. The van der Waals surface area contributed by atoms with E-state index in [-0.39, 0.29) is 102 Å². The van der Waals surface area contributed by atoms with Crippen molar-refractivity contribution in [3.05, 3.63) is 0 Å². The van der Waals surface area contributed by atoms with Crippen LogP contribution in [0, 0.1) is 0 Å². The molecule has 0 unspecified atom stereocenters. The minimum Gasteiger partial charge on any atom is -1.00 e. The van der Waals surface area contributed by atoms with Gasteiger partial charge in [0.1, 0.15) is 0 Å². The second-order valence-electron chi connectivity index (χ2n) is 0. The molecular formula is H4BaCuHgO. The maximum atomic E-state index is 0. The third-order valence-corrected chi connectivity index (χ3v) is 0. The summed E-state index contributed by atoms with van der Waals surface area (Å²) in [6.07, 6.45) is 0. The van der Waals surface area contributed by atoms with Crippen LogP contribution in [0.15, 0.2) is 0 Å². The van der Waals surface area contributed by atoms with Crippen LogP contribution >= 0.6 is 0 Å². The Balaban J connectivity index is 0. The maximum Gasteiger partial charge on any atom is 2.00 e. The molecule has 0 rings (SSSR count). The van der Waals surface area contributed by atoms with Crippen molar-refractivity contribution < 1.29 is 53.1 Å². The van der Waals surface area contributed by atoms with E-state index >= 15 is 0 Å². The summed E-state index contributed by atoms with van der Waals surface area (Å²) in [7, 11) is 0. The van der Waals surface area contributed by atoms with Crippen LogP contribution in [0.2, 0.25) is 0 Å². The molecule has 0 saturated carbocycles. The first-order valence-corrected chi connectivity index (χ1v) is 0. The SMILES string of the molecule is O.[Ba+2].[Cu].[H-].[H-].[Hg]. The van der Waals surface area contributed by atoms with Crippen LogP contribution in [0.1, 0.15) is 2.85 Å². The van der Waals surface area contributed by atoms with Gasteiger partial charge in [-0.2, -0.15) is 0 Å². The minimum atomic E-state index is 0. The molecule has 0 saturated heterocycles. The van der Waals surface area contributed by atoms with Crippen LogP contribution in [0.3, 0.4) is 0 Å². The van der Waals surface area contributed by atoms with E-state index in [1.807, 2.05) is 0 Å². The molecule has 0 amide bonds. The van der Waals surface area contributed by atoms with Crippen molar-refractivity contribution in [3.8, 4) is 0 Å². The van der Waals surface area contributed by atoms with E-state index < -0.39 is 0 Å². The molecule has 4 heteroatoms. The van der Waals surface area contributed by atoms with Gasteiger partial charge >= 0.3 is 48.9 Å². The molecule has 4 heavy (non-hydrogen) atoms. The molecule has 0 aliphatic carbocycles. The zero-order chi connectivity index (χ0) is 0. The van der Waals surface area contributed by atoms with Crippen molar-refractivity contribution in [3.63, 3.8) is 0 Å². The van der Waals surface area contributed by atoms with Crippen molar-refractivity contribution >= 4 is 48.9 Å². The van der Waals surface area contributed by atoms with Crippen LogP contribution in [-0.2, 0) is 44.7 Å². The molecule has 0 aliphatic heterocycles. The first kappa shape index (κ1) is 28.1. The van der Waals surface area contributed by atoms with E-state index in [1.165, 1.54) is 0 Å². The molecule has 1 radical (unpaired) electrons. The van der Waals surface area contributed by atoms with Gasteiger partial charge in [-0.1, -0.05) is 0 Å². The Morgan fingerprint density at radius 3 is 1.25 bits per heavy atom. The second kappa shape index (κ2) is 16.7. The molecule has 2 N–H and O–H groups in total. The summed E-state index contributed by atoms with van der Waals surface area (Å²) >= 11 is 0. The molecule has 0 atom stereocenters. The van der Waals surface area contributed by atoms with Crippen molar-refractivity contribution in [1.82, 2.24) is 0 Å². The standard InChI is InChI=1S/Ba.Cu.Hg.H2O.2H/h;;;1H2;;/q+2;;;;2*-1. The average Bonchev–Trinajstić information content (AvgIpc) is 0. The zero-order valence-electron chi connectivity index (χ0n) is 4.22. The van der Waals surface area contributed by atoms with Crippen molar-refractivity contribution in [2.24, 2.45) is 0 Å². The van der Waals surface area contributed by atoms with Crippen molar-refractivity contribution in [1.29, 1.82) is 0 Å². The number of rotatable bonds is 0. The summed E-state index contributed by atoms with van der Waals surface area (Å²) in [6, 6.07) is 0. The minimum absolute atomic E-state index is 0. The molecule has 0 bridgehead atoms. The van der Waals surface area contributed by atoms with Crippen LogP contribution in [-0.4, -0.2) is 54.4 Å². The molecule has 0 aromatic carbocycles. The first-order valence-electron chi connectivity index (χ1n) is 0. The summed E-state index contributed by atoms with van der Waals surface area (Å²) < 4.78 is 0. The molecule has 0 spiro atoms. The fourth-order valence-corrected chi connectivity index (χ4v) is 0. The fraction of sp³-hybridized carbons (Fsp3) is 0. The van der Waals surface area contributed by atoms with Crippen LogP contribution in [0.5, 0.6) is 0 Å². The van der Waals surface area contributed by atoms with Gasteiger partial charge in [-0.05, 0) is 0 Å². The Bertz CT molecular complexity index is 13.5. The van der Waals surface area contributed by atoms with Gasteiger partial charge in [0.05, 0.1) is 0 Å². The van der Waals surface area contributed by atoms with E-state index in [2.05, 4.69) is 0 Å². The number of hydrogen-bond donors (Lipinski definition) is 0. The largest absolute Gasteiger partial charge is 2.00 e. The molecule has 25 valence electrons. The van der Waals surface area contributed by atoms with Gasteiger partial charge in [0.15, 0.2) is 0 Å². The Hall–Kier alpha value is 2.99. The maximum absolute atomic E-state index is 0. The molecule has 0 aromatic rings. The second-order valence-corrected chi connectivity index (χ2v) is 0. The zero-order valence-corrected chi connectivity index (χ0v) is 13.1. The third-order valence-electron chi connectivity index (χ3n) is 0. The van der Waals surface area contributed by atoms with E-state index in [9.17, 15) is 0 Å². The quantitative estimate of drug-likeness (QED) is 0.450. The summed E-state index contributed by atoms with van der Waals surface area (Å²) in [4.78, 5) is 0. The smallest absolute Gasteiger partial charge is 1.00 e. The van der Waals surface area contributed by atoms with Gasteiger partial charge in [0.25, 0.3) is 0 Å². The first-order chi connectivity index (χ1) is 0. The summed E-state index contributed by atoms with van der Waals surface area (Å²) in [5.74, 6) is 0. The van der Waals surface area contributed by atoms with Gasteiger partial charge in [0.2, 0.25) is 0 Å². The Kier molecular flexibility index (Phi) is 117. The van der Waals surface area contributed by atoms with Crippen molar-refractivity contribution in [2.75, 3.05) is 0 Å². The van der Waals surface area contributed by atoms with E-state index in [0.29, 0.717) is 0 Å². The topological polar surface area (TPSA) is 31.5 Å². The third kappa shape index (κ3) is 8.88. The summed E-state index contributed by atoms with van der Waals surface area (Å²) in [5.41, 5.74) is 0. The molecular weight excluding hydrogens is 417 g/mol. The van der Waals surface area contributed by atoms with E-state index in [1.54, 1.807) is 0 Å². The summed E-state index contributed by atoms with van der Waals surface area (Å²) in [5, 5.41) is 0. The van der Waals surface area contributed by atoms with Crippen LogP contribution < -0.4 is 0 Å². The Morgan fingerprint density at radius 2 is 1.25 bits per heavy atom.